The second kappa shape index (κ2) is 11.3. The second-order valence-electron chi connectivity index (χ2n) is 14.1. The van der Waals surface area contributed by atoms with E-state index in [2.05, 4.69) is 180 Å². The van der Waals surface area contributed by atoms with Gasteiger partial charge in [0.05, 0.1) is 27.1 Å². The van der Waals surface area contributed by atoms with Crippen molar-refractivity contribution in [2.24, 2.45) is 0 Å². The van der Waals surface area contributed by atoms with Gasteiger partial charge in [0.25, 0.3) is 0 Å². The van der Waals surface area contributed by atoms with Crippen LogP contribution in [0, 0.1) is 0 Å². The van der Waals surface area contributed by atoms with E-state index in [1.807, 2.05) is 11.3 Å². The minimum atomic E-state index is 0.661. The highest BCUT2D eigenvalue weighted by atomic mass is 32.1. The number of aromatic nitrogens is 3. The molecule has 0 unspecified atom stereocenters. The fourth-order valence-corrected chi connectivity index (χ4v) is 10.1. The maximum Gasteiger partial charge on any atom is 0.235 e. The third-order valence-electron chi connectivity index (χ3n) is 11.2. The van der Waals surface area contributed by atoms with Gasteiger partial charge in [-0.3, -0.25) is 4.57 Å². The Kier molecular flexibility index (Phi) is 6.21. The predicted molar refractivity (Wildman–Crippen MR) is 230 cm³/mol. The van der Waals surface area contributed by atoms with Crippen molar-refractivity contribution in [2.75, 3.05) is 0 Å². The van der Waals surface area contributed by atoms with Gasteiger partial charge in [0, 0.05) is 48.1 Å². The second-order valence-corrected chi connectivity index (χ2v) is 15.1. The molecular weight excluding hydrogens is 675 g/mol. The van der Waals surface area contributed by atoms with Crippen molar-refractivity contribution >= 4 is 96.4 Å². The van der Waals surface area contributed by atoms with Crippen molar-refractivity contribution < 1.29 is 0 Å². The molecule has 0 radical (unpaired) electrons. The maximum atomic E-state index is 5.52. The summed E-state index contributed by atoms with van der Waals surface area (Å²) in [4.78, 5) is 11.0. The van der Waals surface area contributed by atoms with Gasteiger partial charge in [0.15, 0.2) is 0 Å². The van der Waals surface area contributed by atoms with Crippen molar-refractivity contribution in [1.82, 2.24) is 14.5 Å². The van der Waals surface area contributed by atoms with Crippen molar-refractivity contribution in [3.8, 4) is 28.5 Å². The first-order valence-electron chi connectivity index (χ1n) is 18.3. The number of thiophene rings is 1. The zero-order chi connectivity index (χ0) is 35.3. The Labute approximate surface area is 314 Å². The fraction of sp³-hybridized carbons (Fsp3) is 0. The minimum absolute atomic E-state index is 0.661. The molecule has 0 aliphatic rings. The van der Waals surface area contributed by atoms with Gasteiger partial charge in [-0.25, -0.2) is 9.97 Å². The van der Waals surface area contributed by atoms with E-state index in [0.29, 0.717) is 5.95 Å². The van der Waals surface area contributed by atoms with Crippen LogP contribution in [0.2, 0.25) is 0 Å². The summed E-state index contributed by atoms with van der Waals surface area (Å²) >= 11 is 1.86. The van der Waals surface area contributed by atoms with Crippen LogP contribution in [-0.2, 0) is 0 Å². The van der Waals surface area contributed by atoms with E-state index < -0.39 is 0 Å². The van der Waals surface area contributed by atoms with Crippen molar-refractivity contribution in [2.45, 2.75) is 0 Å². The van der Waals surface area contributed by atoms with Gasteiger partial charge in [0.1, 0.15) is 0 Å². The molecule has 4 heteroatoms. The number of nitrogens with zero attached hydrogens (tertiary/aromatic N) is 3. The monoisotopic (exact) mass is 703 g/mol. The first-order chi connectivity index (χ1) is 26.8. The van der Waals surface area contributed by atoms with Gasteiger partial charge in [-0.2, -0.15) is 0 Å². The Morgan fingerprint density at radius 1 is 0.352 bits per heavy atom. The molecule has 12 aromatic rings. The summed E-state index contributed by atoms with van der Waals surface area (Å²) < 4.78 is 4.92. The average Bonchev–Trinajstić information content (AvgIpc) is 3.81. The van der Waals surface area contributed by atoms with Crippen LogP contribution < -0.4 is 0 Å². The van der Waals surface area contributed by atoms with E-state index >= 15 is 0 Å². The topological polar surface area (TPSA) is 30.7 Å². The van der Waals surface area contributed by atoms with Gasteiger partial charge in [-0.05, 0) is 44.5 Å². The SMILES string of the molecule is c1ccc(-c2cc(-c3ccccc3)nc(-n3c4c(ccc5c6ccccc6sc54)c4c5ccccc5c5c6ccccc6c6ccccc6c5c43)n2)cc1. The zero-order valence-electron chi connectivity index (χ0n) is 29.0. The molecule has 3 aromatic heterocycles. The summed E-state index contributed by atoms with van der Waals surface area (Å²) in [5, 5.41) is 14.9. The van der Waals surface area contributed by atoms with Crippen LogP contribution in [-0.4, -0.2) is 14.5 Å². The highest BCUT2D eigenvalue weighted by Gasteiger charge is 2.26. The van der Waals surface area contributed by atoms with Gasteiger partial charge in [-0.15, -0.1) is 11.3 Å². The fourth-order valence-electron chi connectivity index (χ4n) is 8.89. The van der Waals surface area contributed by atoms with Crippen molar-refractivity contribution in [3.63, 3.8) is 0 Å². The molecule has 0 aliphatic heterocycles. The quantitative estimate of drug-likeness (QED) is 0.172. The molecule has 0 saturated heterocycles. The first kappa shape index (κ1) is 29.7. The Balaban J connectivity index is 1.40. The predicted octanol–water partition coefficient (Wildman–Crippen LogP) is 13.9. The van der Waals surface area contributed by atoms with E-state index in [4.69, 9.17) is 9.97 Å². The van der Waals surface area contributed by atoms with Crippen LogP contribution in [0.1, 0.15) is 0 Å². The summed E-state index contributed by atoms with van der Waals surface area (Å²) in [6.07, 6.45) is 0. The molecule has 12 rings (SSSR count). The van der Waals surface area contributed by atoms with Crippen LogP contribution in [0.25, 0.3) is 114 Å². The molecule has 0 saturated carbocycles. The number of rotatable bonds is 3. The standard InChI is InChI=1S/C50H29N3S/c1-3-15-30(16-4-1)41-29-42(31-17-5-2-6-18-31)52-50(51-41)53-47-40(28-27-39-34-21-13-14-26-43(34)54-49(39)47)45-38-25-12-11-24-37(38)44-35-22-9-7-19-32(35)33-20-8-10-23-36(33)46(44)48(45)53/h1-29H. The summed E-state index contributed by atoms with van der Waals surface area (Å²) in [7, 11) is 0. The van der Waals surface area contributed by atoms with Gasteiger partial charge >= 0.3 is 0 Å². The number of hydrogen-bond donors (Lipinski definition) is 0. The molecule has 0 aliphatic carbocycles. The molecule has 54 heavy (non-hydrogen) atoms. The lowest BCUT2D eigenvalue weighted by molar-refractivity contribution is 1.00. The van der Waals surface area contributed by atoms with Crippen molar-refractivity contribution in [1.29, 1.82) is 0 Å². The molecule has 250 valence electrons. The third kappa shape index (κ3) is 4.11. The van der Waals surface area contributed by atoms with Gasteiger partial charge in [0.2, 0.25) is 5.95 Å². The van der Waals surface area contributed by atoms with Crippen LogP contribution in [0.15, 0.2) is 176 Å². The first-order valence-corrected chi connectivity index (χ1v) is 19.2. The molecule has 0 fully saturated rings. The Morgan fingerprint density at radius 2 is 0.815 bits per heavy atom. The molecule has 3 heterocycles. The Morgan fingerprint density at radius 3 is 1.43 bits per heavy atom. The summed E-state index contributed by atoms with van der Waals surface area (Å²) in [6.45, 7) is 0. The molecule has 0 N–H and O–H groups in total. The van der Waals surface area contributed by atoms with Crippen LogP contribution >= 0.6 is 11.3 Å². The lowest BCUT2D eigenvalue weighted by Gasteiger charge is -2.17. The molecule has 0 atom stereocenters. The van der Waals surface area contributed by atoms with Gasteiger partial charge < -0.3 is 0 Å². The minimum Gasteiger partial charge on any atom is -0.276 e. The summed E-state index contributed by atoms with van der Waals surface area (Å²) in [5.41, 5.74) is 6.16. The highest BCUT2D eigenvalue weighted by molar-refractivity contribution is 7.26. The lowest BCUT2D eigenvalue weighted by Crippen LogP contribution is -2.04. The van der Waals surface area contributed by atoms with E-state index in [1.54, 1.807) is 0 Å². The summed E-state index contributed by atoms with van der Waals surface area (Å²) in [6, 6.07) is 63.3. The van der Waals surface area contributed by atoms with E-state index in [-0.39, 0.29) is 0 Å². The van der Waals surface area contributed by atoms with Crippen LogP contribution in [0.3, 0.4) is 0 Å². The summed E-state index contributed by atoms with van der Waals surface area (Å²) in [5.74, 6) is 0.661. The lowest BCUT2D eigenvalue weighted by atomic mass is 9.89. The third-order valence-corrected chi connectivity index (χ3v) is 12.4. The maximum absolute atomic E-state index is 5.52. The van der Waals surface area contributed by atoms with E-state index in [1.165, 1.54) is 74.0 Å². The molecular formula is C50H29N3S. The smallest absolute Gasteiger partial charge is 0.235 e. The van der Waals surface area contributed by atoms with Crippen molar-refractivity contribution in [3.05, 3.63) is 176 Å². The average molecular weight is 704 g/mol. The molecule has 3 nitrogen and oxygen atoms in total. The normalized spacial score (nSPS) is 12.1. The molecule has 0 amide bonds. The molecule has 0 spiro atoms. The zero-order valence-corrected chi connectivity index (χ0v) is 29.8. The Hall–Kier alpha value is -6.88. The Bertz CT molecular complexity index is 3430. The highest BCUT2D eigenvalue weighted by Crippen LogP contribution is 2.50. The van der Waals surface area contributed by atoms with E-state index in [9.17, 15) is 0 Å². The van der Waals surface area contributed by atoms with Crippen LogP contribution in [0.4, 0.5) is 0 Å². The van der Waals surface area contributed by atoms with E-state index in [0.717, 1.165) is 33.5 Å². The largest absolute Gasteiger partial charge is 0.276 e. The molecule has 0 bridgehead atoms. The number of fused-ring (bicyclic) bond motifs is 17. The number of hydrogen-bond acceptors (Lipinski definition) is 3. The molecule has 9 aromatic carbocycles. The van der Waals surface area contributed by atoms with Crippen LogP contribution in [0.5, 0.6) is 0 Å². The van der Waals surface area contributed by atoms with Gasteiger partial charge in [-0.1, -0.05) is 164 Å². The number of benzene rings is 9.